The molecule has 6 heteroatoms. The van der Waals surface area contributed by atoms with Crippen molar-refractivity contribution in [3.8, 4) is 0 Å². The first kappa shape index (κ1) is 16.5. The molecule has 2 aliphatic rings. The molecule has 1 aliphatic heterocycles. The van der Waals surface area contributed by atoms with Gasteiger partial charge in [-0.1, -0.05) is 12.1 Å². The molecular formula is C21H24N4O2. The normalized spacial score (nSPS) is 20.0. The minimum absolute atomic E-state index is 0.0644. The summed E-state index contributed by atoms with van der Waals surface area (Å²) < 4.78 is 7.87. The summed E-state index contributed by atoms with van der Waals surface area (Å²) in [4.78, 5) is 19.8. The molecule has 0 N–H and O–H groups in total. The maximum Gasteiger partial charge on any atom is 0.274 e. The van der Waals surface area contributed by atoms with E-state index in [4.69, 9.17) is 4.42 Å². The first-order valence-electron chi connectivity index (χ1n) is 9.90. The van der Waals surface area contributed by atoms with E-state index in [0.717, 1.165) is 61.2 Å². The Morgan fingerprint density at radius 2 is 2.04 bits per heavy atom. The van der Waals surface area contributed by atoms with E-state index in [2.05, 4.69) is 10.1 Å². The quantitative estimate of drug-likeness (QED) is 0.698. The standard InChI is InChI=1S/C21H24N4O2/c1-24-17-10-4-2-8-15(17)19(23-24)21(26)25-12-6-7-14(13-25)20-22-16-9-3-5-11-18(16)27-20/h3,5,9,11,14H,2,4,6-8,10,12-13H2,1H3/t14-/m1/s1. The lowest BCUT2D eigenvalue weighted by atomic mass is 9.94. The molecular weight excluding hydrogens is 340 g/mol. The van der Waals surface area contributed by atoms with Crippen LogP contribution < -0.4 is 0 Å². The van der Waals surface area contributed by atoms with Gasteiger partial charge in [0.2, 0.25) is 0 Å². The van der Waals surface area contributed by atoms with Gasteiger partial charge in [0.1, 0.15) is 5.52 Å². The molecule has 1 amide bonds. The smallest absolute Gasteiger partial charge is 0.274 e. The minimum Gasteiger partial charge on any atom is -0.440 e. The molecule has 1 aliphatic carbocycles. The van der Waals surface area contributed by atoms with E-state index in [1.807, 2.05) is 40.9 Å². The van der Waals surface area contributed by atoms with Crippen LogP contribution in [0.25, 0.3) is 11.1 Å². The first-order chi connectivity index (χ1) is 13.2. The Morgan fingerprint density at radius 1 is 1.19 bits per heavy atom. The van der Waals surface area contributed by atoms with Crippen LogP contribution in [0.1, 0.15) is 59.2 Å². The number of likely N-dealkylation sites (tertiary alicyclic amines) is 1. The van der Waals surface area contributed by atoms with Crippen molar-refractivity contribution in [3.63, 3.8) is 0 Å². The second-order valence-corrected chi connectivity index (χ2v) is 7.71. The molecule has 140 valence electrons. The Kier molecular flexibility index (Phi) is 3.99. The molecule has 0 unspecified atom stereocenters. The highest BCUT2D eigenvalue weighted by Gasteiger charge is 2.32. The second kappa shape index (κ2) is 6.51. The number of carbonyl (C=O) groups is 1. The van der Waals surface area contributed by atoms with Gasteiger partial charge in [-0.15, -0.1) is 0 Å². The van der Waals surface area contributed by atoms with Crippen molar-refractivity contribution in [2.75, 3.05) is 13.1 Å². The van der Waals surface area contributed by atoms with Crippen LogP contribution in [-0.4, -0.2) is 38.7 Å². The van der Waals surface area contributed by atoms with E-state index in [1.165, 1.54) is 12.1 Å². The van der Waals surface area contributed by atoms with Gasteiger partial charge < -0.3 is 9.32 Å². The highest BCUT2D eigenvalue weighted by atomic mass is 16.3. The fourth-order valence-electron chi connectivity index (χ4n) is 4.52. The third-order valence-corrected chi connectivity index (χ3v) is 5.94. The number of para-hydroxylation sites is 2. The second-order valence-electron chi connectivity index (χ2n) is 7.71. The monoisotopic (exact) mass is 364 g/mol. The number of amides is 1. The Labute approximate surface area is 158 Å². The lowest BCUT2D eigenvalue weighted by Gasteiger charge is -2.31. The molecule has 0 spiro atoms. The Hall–Kier alpha value is -2.63. The summed E-state index contributed by atoms with van der Waals surface area (Å²) in [5.41, 5.74) is 4.75. The van der Waals surface area contributed by atoms with Crippen LogP contribution in [0.2, 0.25) is 0 Å². The maximum atomic E-state index is 13.2. The first-order valence-corrected chi connectivity index (χ1v) is 9.90. The zero-order chi connectivity index (χ0) is 18.4. The number of hydrogen-bond donors (Lipinski definition) is 0. The predicted molar refractivity (Wildman–Crippen MR) is 102 cm³/mol. The van der Waals surface area contributed by atoms with Gasteiger partial charge in [0, 0.05) is 31.4 Å². The van der Waals surface area contributed by atoms with Crippen LogP contribution in [0.15, 0.2) is 28.7 Å². The number of benzene rings is 1. The van der Waals surface area contributed by atoms with Gasteiger partial charge in [-0.3, -0.25) is 9.48 Å². The number of fused-ring (bicyclic) bond motifs is 2. The lowest BCUT2D eigenvalue weighted by molar-refractivity contribution is 0.0691. The largest absolute Gasteiger partial charge is 0.440 e. The summed E-state index contributed by atoms with van der Waals surface area (Å²) in [6.45, 7) is 1.43. The van der Waals surface area contributed by atoms with E-state index in [9.17, 15) is 4.79 Å². The van der Waals surface area contributed by atoms with Crippen molar-refractivity contribution >= 4 is 17.0 Å². The average molecular weight is 364 g/mol. The predicted octanol–water partition coefficient (Wildman–Crippen LogP) is 3.46. The van der Waals surface area contributed by atoms with Crippen LogP contribution >= 0.6 is 0 Å². The summed E-state index contributed by atoms with van der Waals surface area (Å²) in [6, 6.07) is 7.83. The fraction of sp³-hybridized carbons (Fsp3) is 0.476. The van der Waals surface area contributed by atoms with E-state index >= 15 is 0 Å². The van der Waals surface area contributed by atoms with Crippen LogP contribution in [-0.2, 0) is 19.9 Å². The van der Waals surface area contributed by atoms with Crippen molar-refractivity contribution in [1.82, 2.24) is 19.7 Å². The van der Waals surface area contributed by atoms with E-state index in [0.29, 0.717) is 12.2 Å². The molecule has 1 atom stereocenters. The van der Waals surface area contributed by atoms with Gasteiger partial charge in [0.25, 0.3) is 5.91 Å². The molecule has 1 fully saturated rings. The molecule has 0 bridgehead atoms. The van der Waals surface area contributed by atoms with Crippen molar-refractivity contribution < 1.29 is 9.21 Å². The summed E-state index contributed by atoms with van der Waals surface area (Å²) in [5.74, 6) is 0.959. The third kappa shape index (κ3) is 2.83. The summed E-state index contributed by atoms with van der Waals surface area (Å²) in [6.07, 6.45) is 6.28. The van der Waals surface area contributed by atoms with Crippen molar-refractivity contribution in [2.24, 2.45) is 7.05 Å². The number of carbonyl (C=O) groups excluding carboxylic acids is 1. The molecule has 2 aromatic heterocycles. The number of rotatable bonds is 2. The van der Waals surface area contributed by atoms with Gasteiger partial charge in [0.15, 0.2) is 17.2 Å². The summed E-state index contributed by atoms with van der Waals surface area (Å²) >= 11 is 0. The van der Waals surface area contributed by atoms with E-state index in [-0.39, 0.29) is 11.8 Å². The minimum atomic E-state index is 0.0644. The van der Waals surface area contributed by atoms with Crippen molar-refractivity contribution in [2.45, 2.75) is 44.4 Å². The molecule has 0 radical (unpaired) electrons. The lowest BCUT2D eigenvalue weighted by Crippen LogP contribution is -2.39. The van der Waals surface area contributed by atoms with Crippen LogP contribution in [0, 0.1) is 0 Å². The van der Waals surface area contributed by atoms with Crippen LogP contribution in [0.4, 0.5) is 0 Å². The summed E-state index contributed by atoms with van der Waals surface area (Å²) in [7, 11) is 1.96. The third-order valence-electron chi connectivity index (χ3n) is 5.94. The average Bonchev–Trinajstić information content (AvgIpc) is 3.29. The van der Waals surface area contributed by atoms with Gasteiger partial charge in [0.05, 0.1) is 5.92 Å². The maximum absolute atomic E-state index is 13.2. The highest BCUT2D eigenvalue weighted by Crippen LogP contribution is 2.31. The Morgan fingerprint density at radius 3 is 2.93 bits per heavy atom. The molecule has 1 aromatic carbocycles. The van der Waals surface area contributed by atoms with Crippen molar-refractivity contribution in [1.29, 1.82) is 0 Å². The molecule has 1 saturated heterocycles. The number of piperidine rings is 1. The Bertz CT molecular complexity index is 970. The van der Waals surface area contributed by atoms with E-state index < -0.39 is 0 Å². The Balaban J connectivity index is 1.40. The van der Waals surface area contributed by atoms with Crippen LogP contribution in [0.5, 0.6) is 0 Å². The molecule has 27 heavy (non-hydrogen) atoms. The van der Waals surface area contributed by atoms with Crippen molar-refractivity contribution in [3.05, 3.63) is 47.1 Å². The van der Waals surface area contributed by atoms with Gasteiger partial charge in [-0.2, -0.15) is 5.10 Å². The van der Waals surface area contributed by atoms with Gasteiger partial charge in [-0.05, 0) is 50.7 Å². The molecule has 3 aromatic rings. The number of hydrogen-bond acceptors (Lipinski definition) is 4. The number of oxazole rings is 1. The SMILES string of the molecule is Cn1nc(C(=O)N2CCC[C@@H](c3nc4ccccc4o3)C2)c2c1CCCC2. The topological polar surface area (TPSA) is 64.2 Å². The number of nitrogens with zero attached hydrogens (tertiary/aromatic N) is 4. The molecule has 0 saturated carbocycles. The number of aryl methyl sites for hydroxylation is 1. The van der Waals surface area contributed by atoms with Crippen LogP contribution in [0.3, 0.4) is 0 Å². The number of aromatic nitrogens is 3. The highest BCUT2D eigenvalue weighted by molar-refractivity contribution is 5.94. The molecule has 3 heterocycles. The zero-order valence-corrected chi connectivity index (χ0v) is 15.6. The van der Waals surface area contributed by atoms with E-state index in [1.54, 1.807) is 0 Å². The fourth-order valence-corrected chi connectivity index (χ4v) is 4.52. The molecule has 5 rings (SSSR count). The summed E-state index contributed by atoms with van der Waals surface area (Å²) in [5, 5.41) is 4.59. The molecule has 6 nitrogen and oxygen atoms in total. The zero-order valence-electron chi connectivity index (χ0n) is 15.6. The van der Waals surface area contributed by atoms with Gasteiger partial charge in [-0.25, -0.2) is 4.98 Å². The van der Waals surface area contributed by atoms with Gasteiger partial charge >= 0.3 is 0 Å².